The van der Waals surface area contributed by atoms with Crippen LogP contribution in [0.3, 0.4) is 0 Å². The molecule has 0 aliphatic heterocycles. The van der Waals surface area contributed by atoms with Crippen molar-refractivity contribution in [2.75, 3.05) is 19.0 Å². The number of carbonyl (C=O) groups is 1. The molecule has 0 fully saturated rings. The molecular formula is C17H17BrN2O3S. The van der Waals surface area contributed by atoms with Crippen molar-refractivity contribution < 1.29 is 14.3 Å². The standard InChI is InChI=1S/C17H17BrN2O3S/c1-3-23-13-7-5-12(6-8-13)19-17(24)20-16(21)14-10-11(18)4-9-15(14)22-2/h4-10H,3H2,1-2H3,(H2,19,20,21,24). The third-order valence-electron chi connectivity index (χ3n) is 3.06. The molecule has 0 aromatic heterocycles. The molecule has 1 amide bonds. The maximum atomic E-state index is 12.4. The van der Waals surface area contributed by atoms with Gasteiger partial charge in [-0.25, -0.2) is 0 Å². The molecule has 0 unspecified atom stereocenters. The number of benzene rings is 2. The predicted molar refractivity (Wildman–Crippen MR) is 102 cm³/mol. The van der Waals surface area contributed by atoms with Gasteiger partial charge in [-0.1, -0.05) is 15.9 Å². The largest absolute Gasteiger partial charge is 0.496 e. The van der Waals surface area contributed by atoms with E-state index in [2.05, 4.69) is 26.6 Å². The van der Waals surface area contributed by atoms with Crippen LogP contribution in [0, 0.1) is 0 Å². The summed E-state index contributed by atoms with van der Waals surface area (Å²) in [5.74, 6) is 0.896. The van der Waals surface area contributed by atoms with E-state index in [-0.39, 0.29) is 11.0 Å². The van der Waals surface area contributed by atoms with Gasteiger partial charge in [-0.2, -0.15) is 0 Å². The zero-order valence-electron chi connectivity index (χ0n) is 13.3. The first kappa shape index (κ1) is 18.2. The van der Waals surface area contributed by atoms with E-state index in [0.29, 0.717) is 17.9 Å². The van der Waals surface area contributed by atoms with Crippen LogP contribution in [-0.4, -0.2) is 24.7 Å². The van der Waals surface area contributed by atoms with E-state index in [0.717, 1.165) is 15.9 Å². The molecule has 0 saturated carbocycles. The Morgan fingerprint density at radius 3 is 2.54 bits per heavy atom. The van der Waals surface area contributed by atoms with E-state index in [1.165, 1.54) is 7.11 Å². The van der Waals surface area contributed by atoms with Gasteiger partial charge in [0.2, 0.25) is 0 Å². The molecule has 2 N–H and O–H groups in total. The topological polar surface area (TPSA) is 59.6 Å². The highest BCUT2D eigenvalue weighted by Gasteiger charge is 2.14. The molecule has 5 nitrogen and oxygen atoms in total. The number of hydrogen-bond donors (Lipinski definition) is 2. The minimum Gasteiger partial charge on any atom is -0.496 e. The number of rotatable bonds is 5. The molecule has 0 radical (unpaired) electrons. The van der Waals surface area contributed by atoms with Crippen molar-refractivity contribution >= 4 is 44.9 Å². The zero-order valence-corrected chi connectivity index (χ0v) is 15.7. The molecule has 2 rings (SSSR count). The molecule has 7 heteroatoms. The summed E-state index contributed by atoms with van der Waals surface area (Å²) in [6.07, 6.45) is 0. The summed E-state index contributed by atoms with van der Waals surface area (Å²) in [6.45, 7) is 2.53. The van der Waals surface area contributed by atoms with E-state index < -0.39 is 0 Å². The smallest absolute Gasteiger partial charge is 0.261 e. The van der Waals surface area contributed by atoms with Gasteiger partial charge in [-0.05, 0) is 61.6 Å². The average Bonchev–Trinajstić information content (AvgIpc) is 2.56. The minimum absolute atomic E-state index is 0.200. The maximum absolute atomic E-state index is 12.4. The molecular weight excluding hydrogens is 392 g/mol. The molecule has 2 aromatic carbocycles. The molecule has 0 bridgehead atoms. The third kappa shape index (κ3) is 4.94. The summed E-state index contributed by atoms with van der Waals surface area (Å²) in [6, 6.07) is 12.5. The van der Waals surface area contributed by atoms with Crippen LogP contribution in [0.2, 0.25) is 0 Å². The van der Waals surface area contributed by atoms with Crippen molar-refractivity contribution in [3.05, 3.63) is 52.5 Å². The van der Waals surface area contributed by atoms with Gasteiger partial charge in [0.25, 0.3) is 5.91 Å². The molecule has 126 valence electrons. The molecule has 0 aliphatic carbocycles. The minimum atomic E-state index is -0.350. The first-order valence-electron chi connectivity index (χ1n) is 7.22. The van der Waals surface area contributed by atoms with Crippen molar-refractivity contribution in [3.8, 4) is 11.5 Å². The van der Waals surface area contributed by atoms with Gasteiger partial charge >= 0.3 is 0 Å². The normalized spacial score (nSPS) is 9.96. The van der Waals surface area contributed by atoms with Gasteiger partial charge in [0.15, 0.2) is 5.11 Å². The van der Waals surface area contributed by atoms with E-state index >= 15 is 0 Å². The van der Waals surface area contributed by atoms with E-state index in [1.54, 1.807) is 18.2 Å². The number of thiocarbonyl (C=S) groups is 1. The Hall–Kier alpha value is -2.12. The van der Waals surface area contributed by atoms with E-state index in [4.69, 9.17) is 21.7 Å². The van der Waals surface area contributed by atoms with Crippen molar-refractivity contribution in [2.45, 2.75) is 6.92 Å². The van der Waals surface area contributed by atoms with Crippen LogP contribution in [0.25, 0.3) is 0 Å². The molecule has 0 atom stereocenters. The van der Waals surface area contributed by atoms with Crippen molar-refractivity contribution in [3.63, 3.8) is 0 Å². The van der Waals surface area contributed by atoms with Gasteiger partial charge in [-0.15, -0.1) is 0 Å². The number of methoxy groups -OCH3 is 1. The van der Waals surface area contributed by atoms with E-state index in [1.807, 2.05) is 31.2 Å². The Morgan fingerprint density at radius 2 is 1.92 bits per heavy atom. The predicted octanol–water partition coefficient (Wildman–Crippen LogP) is 3.98. The molecule has 0 spiro atoms. The van der Waals surface area contributed by atoms with Crippen molar-refractivity contribution in [1.82, 2.24) is 5.32 Å². The number of carbonyl (C=O) groups excluding carboxylic acids is 1. The van der Waals surface area contributed by atoms with Gasteiger partial charge in [0.1, 0.15) is 11.5 Å². The number of nitrogens with one attached hydrogen (secondary N) is 2. The van der Waals surface area contributed by atoms with Gasteiger partial charge in [0, 0.05) is 10.2 Å². The van der Waals surface area contributed by atoms with E-state index in [9.17, 15) is 4.79 Å². The van der Waals surface area contributed by atoms with Crippen LogP contribution < -0.4 is 20.1 Å². The number of ether oxygens (including phenoxy) is 2. The summed E-state index contributed by atoms with van der Waals surface area (Å²) < 4.78 is 11.4. The lowest BCUT2D eigenvalue weighted by molar-refractivity contribution is 0.0974. The molecule has 2 aromatic rings. The number of anilines is 1. The summed E-state index contributed by atoms with van der Waals surface area (Å²) in [5.41, 5.74) is 1.15. The van der Waals surface area contributed by atoms with Gasteiger partial charge in [-0.3, -0.25) is 10.1 Å². The quantitative estimate of drug-likeness (QED) is 0.732. The zero-order chi connectivity index (χ0) is 17.5. The fraction of sp³-hybridized carbons (Fsp3) is 0.176. The Labute approximate surface area is 154 Å². The fourth-order valence-electron chi connectivity index (χ4n) is 1.99. The SMILES string of the molecule is CCOc1ccc(NC(=S)NC(=O)c2cc(Br)ccc2OC)cc1. The average molecular weight is 409 g/mol. The molecule has 0 saturated heterocycles. The Balaban J connectivity index is 2.01. The summed E-state index contributed by atoms with van der Waals surface area (Å²) in [5, 5.41) is 5.79. The summed E-state index contributed by atoms with van der Waals surface area (Å²) in [4.78, 5) is 12.4. The fourth-order valence-corrected chi connectivity index (χ4v) is 2.56. The first-order valence-corrected chi connectivity index (χ1v) is 8.42. The number of amides is 1. The highest BCUT2D eigenvalue weighted by molar-refractivity contribution is 9.10. The van der Waals surface area contributed by atoms with Crippen LogP contribution >= 0.6 is 28.1 Å². The second kappa shape index (κ2) is 8.65. The number of halogens is 1. The second-order valence-electron chi connectivity index (χ2n) is 4.71. The molecule has 24 heavy (non-hydrogen) atoms. The Kier molecular flexibility index (Phi) is 6.57. The second-order valence-corrected chi connectivity index (χ2v) is 6.03. The Bertz CT molecular complexity index is 735. The van der Waals surface area contributed by atoms with Crippen LogP contribution in [0.5, 0.6) is 11.5 Å². The van der Waals surface area contributed by atoms with Crippen LogP contribution in [0.15, 0.2) is 46.9 Å². The monoisotopic (exact) mass is 408 g/mol. The molecule has 0 heterocycles. The number of hydrogen-bond acceptors (Lipinski definition) is 4. The lowest BCUT2D eigenvalue weighted by Crippen LogP contribution is -2.34. The van der Waals surface area contributed by atoms with Gasteiger partial charge < -0.3 is 14.8 Å². The van der Waals surface area contributed by atoms with Crippen molar-refractivity contribution in [1.29, 1.82) is 0 Å². The highest BCUT2D eigenvalue weighted by atomic mass is 79.9. The Morgan fingerprint density at radius 1 is 1.21 bits per heavy atom. The lowest BCUT2D eigenvalue weighted by Gasteiger charge is -2.12. The maximum Gasteiger partial charge on any atom is 0.261 e. The summed E-state index contributed by atoms with van der Waals surface area (Å²) >= 11 is 8.52. The van der Waals surface area contributed by atoms with Crippen LogP contribution in [0.1, 0.15) is 17.3 Å². The third-order valence-corrected chi connectivity index (χ3v) is 3.75. The first-order chi connectivity index (χ1) is 11.5. The summed E-state index contributed by atoms with van der Waals surface area (Å²) in [7, 11) is 1.51. The highest BCUT2D eigenvalue weighted by Crippen LogP contribution is 2.23. The molecule has 0 aliphatic rings. The van der Waals surface area contributed by atoms with Crippen molar-refractivity contribution in [2.24, 2.45) is 0 Å². The van der Waals surface area contributed by atoms with Gasteiger partial charge in [0.05, 0.1) is 19.3 Å². The van der Waals surface area contributed by atoms with Crippen LogP contribution in [-0.2, 0) is 0 Å². The lowest BCUT2D eigenvalue weighted by atomic mass is 10.2. The van der Waals surface area contributed by atoms with Crippen LogP contribution in [0.4, 0.5) is 5.69 Å².